The Morgan fingerprint density at radius 3 is 2.46 bits per heavy atom. The second-order valence-electron chi connectivity index (χ2n) is 6.17. The molecule has 150 valence electrons. The van der Waals surface area contributed by atoms with Crippen LogP contribution in [0.1, 0.15) is 10.4 Å². The van der Waals surface area contributed by atoms with Gasteiger partial charge in [-0.1, -0.05) is 29.3 Å². The van der Waals surface area contributed by atoms with E-state index in [0.29, 0.717) is 31.2 Å². The molecule has 1 aliphatic heterocycles. The van der Waals surface area contributed by atoms with Gasteiger partial charge in [0.15, 0.2) is 6.61 Å². The minimum atomic E-state index is -4.50. The van der Waals surface area contributed by atoms with Gasteiger partial charge < -0.3 is 14.5 Å². The lowest BCUT2D eigenvalue weighted by molar-refractivity contribution is -0.154. The normalized spacial score (nSPS) is 14.9. The minimum absolute atomic E-state index is 0.146. The molecule has 2 heterocycles. The van der Waals surface area contributed by atoms with Crippen molar-refractivity contribution in [1.82, 2.24) is 9.88 Å². The maximum atomic E-state index is 12.6. The molecule has 0 saturated carbocycles. The number of amides is 1. The lowest BCUT2D eigenvalue weighted by atomic mass is 10.2. The Morgan fingerprint density at radius 1 is 1.14 bits per heavy atom. The smallest absolute Gasteiger partial charge is 0.422 e. The Morgan fingerprint density at radius 2 is 1.86 bits per heavy atom. The fourth-order valence-corrected chi connectivity index (χ4v) is 3.23. The molecule has 3 rings (SSSR count). The second-order valence-corrected chi connectivity index (χ2v) is 7.02. The number of carbonyl (C=O) groups excluding carboxylic acids is 1. The fourth-order valence-electron chi connectivity index (χ4n) is 2.82. The van der Waals surface area contributed by atoms with Crippen LogP contribution in [0.5, 0.6) is 5.88 Å². The Labute approximate surface area is 169 Å². The Balaban J connectivity index is 1.61. The van der Waals surface area contributed by atoms with E-state index in [4.69, 9.17) is 23.2 Å². The van der Waals surface area contributed by atoms with Crippen LogP contribution >= 0.6 is 23.2 Å². The standard InChI is InChI=1S/C18H16Cl2F3N3O2/c19-13-2-1-3-14(9-13)25-4-6-26(7-5-25)17(27)12-8-15(20)16(24-10-12)28-11-18(21,22)23/h1-3,8-10H,4-7,11H2. The Hall–Kier alpha value is -2.19. The van der Waals surface area contributed by atoms with Crippen LogP contribution in [0.2, 0.25) is 10.0 Å². The number of rotatable bonds is 4. The van der Waals surface area contributed by atoms with E-state index in [1.165, 1.54) is 12.3 Å². The molecule has 1 amide bonds. The van der Waals surface area contributed by atoms with Gasteiger partial charge in [0.2, 0.25) is 5.88 Å². The highest BCUT2D eigenvalue weighted by molar-refractivity contribution is 6.32. The highest BCUT2D eigenvalue weighted by Gasteiger charge is 2.29. The van der Waals surface area contributed by atoms with E-state index in [1.807, 2.05) is 18.2 Å². The zero-order valence-corrected chi connectivity index (χ0v) is 16.1. The number of pyridine rings is 1. The number of anilines is 1. The lowest BCUT2D eigenvalue weighted by Gasteiger charge is -2.36. The number of benzene rings is 1. The van der Waals surface area contributed by atoms with Gasteiger partial charge in [-0.3, -0.25) is 4.79 Å². The first-order chi connectivity index (χ1) is 13.2. The van der Waals surface area contributed by atoms with Gasteiger partial charge in [0.05, 0.1) is 5.56 Å². The van der Waals surface area contributed by atoms with Crippen molar-refractivity contribution in [2.75, 3.05) is 37.7 Å². The molecule has 1 fully saturated rings. The molecule has 1 saturated heterocycles. The van der Waals surface area contributed by atoms with Crippen LogP contribution in [-0.4, -0.2) is 54.8 Å². The average Bonchev–Trinajstić information content (AvgIpc) is 2.66. The van der Waals surface area contributed by atoms with Gasteiger partial charge in [0, 0.05) is 43.1 Å². The molecular weight excluding hydrogens is 418 g/mol. The molecule has 0 N–H and O–H groups in total. The molecule has 0 radical (unpaired) electrons. The molecule has 1 aromatic carbocycles. The number of halogens is 5. The van der Waals surface area contributed by atoms with E-state index < -0.39 is 12.8 Å². The van der Waals surface area contributed by atoms with Gasteiger partial charge in [-0.15, -0.1) is 0 Å². The number of aromatic nitrogens is 1. The summed E-state index contributed by atoms with van der Waals surface area (Å²) >= 11 is 11.9. The first kappa shape index (κ1) is 20.5. The van der Waals surface area contributed by atoms with Gasteiger partial charge in [-0.2, -0.15) is 13.2 Å². The number of carbonyl (C=O) groups is 1. The van der Waals surface area contributed by atoms with Crippen molar-refractivity contribution >= 4 is 34.8 Å². The summed E-state index contributed by atoms with van der Waals surface area (Å²) in [7, 11) is 0. The third kappa shape index (κ3) is 5.20. The van der Waals surface area contributed by atoms with Crippen LogP contribution in [0.3, 0.4) is 0 Å². The summed E-state index contributed by atoms with van der Waals surface area (Å²) < 4.78 is 41.2. The van der Waals surface area contributed by atoms with Crippen molar-refractivity contribution in [3.63, 3.8) is 0 Å². The van der Waals surface area contributed by atoms with Crippen LogP contribution in [0.4, 0.5) is 18.9 Å². The SMILES string of the molecule is O=C(c1cnc(OCC(F)(F)F)c(Cl)c1)N1CCN(c2cccc(Cl)c2)CC1. The first-order valence-electron chi connectivity index (χ1n) is 8.38. The number of nitrogens with zero attached hydrogens (tertiary/aromatic N) is 3. The van der Waals surface area contributed by atoms with Crippen molar-refractivity contribution in [3.05, 3.63) is 52.1 Å². The summed E-state index contributed by atoms with van der Waals surface area (Å²) in [6.45, 7) is 0.711. The van der Waals surface area contributed by atoms with Crippen molar-refractivity contribution in [2.24, 2.45) is 0 Å². The summed E-state index contributed by atoms with van der Waals surface area (Å²) in [4.78, 5) is 20.2. The number of hydrogen-bond acceptors (Lipinski definition) is 4. The summed E-state index contributed by atoms with van der Waals surface area (Å²) in [5.41, 5.74) is 1.18. The first-order valence-corrected chi connectivity index (χ1v) is 9.13. The zero-order chi connectivity index (χ0) is 20.3. The third-order valence-electron chi connectivity index (χ3n) is 4.17. The van der Waals surface area contributed by atoms with Crippen LogP contribution < -0.4 is 9.64 Å². The molecule has 28 heavy (non-hydrogen) atoms. The molecule has 5 nitrogen and oxygen atoms in total. The van der Waals surface area contributed by atoms with Crippen molar-refractivity contribution in [1.29, 1.82) is 0 Å². The summed E-state index contributed by atoms with van der Waals surface area (Å²) in [6, 6.07) is 8.75. The number of hydrogen-bond donors (Lipinski definition) is 0. The van der Waals surface area contributed by atoms with Gasteiger partial charge in [0.1, 0.15) is 5.02 Å². The maximum Gasteiger partial charge on any atom is 0.422 e. The second kappa shape index (κ2) is 8.45. The predicted octanol–water partition coefficient (Wildman–Crippen LogP) is 4.29. The van der Waals surface area contributed by atoms with Crippen LogP contribution in [0, 0.1) is 0 Å². The van der Waals surface area contributed by atoms with Crippen molar-refractivity contribution in [3.8, 4) is 5.88 Å². The molecule has 10 heteroatoms. The summed E-state index contributed by atoms with van der Waals surface area (Å²) in [5.74, 6) is -0.649. The van der Waals surface area contributed by atoms with Gasteiger partial charge in [0.25, 0.3) is 5.91 Å². The minimum Gasteiger partial charge on any atom is -0.467 e. The monoisotopic (exact) mass is 433 g/mol. The fraction of sp³-hybridized carbons (Fsp3) is 0.333. The Kier molecular flexibility index (Phi) is 6.20. The third-order valence-corrected chi connectivity index (χ3v) is 4.67. The topological polar surface area (TPSA) is 45.7 Å². The van der Waals surface area contributed by atoms with Crippen LogP contribution in [0.15, 0.2) is 36.5 Å². The molecular formula is C18H16Cl2F3N3O2. The average molecular weight is 434 g/mol. The molecule has 2 aromatic rings. The highest BCUT2D eigenvalue weighted by Crippen LogP contribution is 2.26. The molecule has 0 bridgehead atoms. The van der Waals surface area contributed by atoms with E-state index in [0.717, 1.165) is 5.69 Å². The zero-order valence-electron chi connectivity index (χ0n) is 14.5. The molecule has 1 aromatic heterocycles. The largest absolute Gasteiger partial charge is 0.467 e. The highest BCUT2D eigenvalue weighted by atomic mass is 35.5. The Bertz CT molecular complexity index is 856. The quantitative estimate of drug-likeness (QED) is 0.721. The van der Waals surface area contributed by atoms with Gasteiger partial charge >= 0.3 is 6.18 Å². The van der Waals surface area contributed by atoms with Gasteiger partial charge in [-0.25, -0.2) is 4.98 Å². The molecule has 0 spiro atoms. The predicted molar refractivity (Wildman–Crippen MR) is 100 cm³/mol. The van der Waals surface area contributed by atoms with Crippen LogP contribution in [-0.2, 0) is 0 Å². The maximum absolute atomic E-state index is 12.6. The molecule has 0 aliphatic carbocycles. The van der Waals surface area contributed by atoms with Gasteiger partial charge in [-0.05, 0) is 24.3 Å². The van der Waals surface area contributed by atoms with E-state index in [1.54, 1.807) is 11.0 Å². The van der Waals surface area contributed by atoms with Crippen LogP contribution in [0.25, 0.3) is 0 Å². The summed E-state index contributed by atoms with van der Waals surface area (Å²) in [5, 5.41) is 0.497. The van der Waals surface area contributed by atoms with Crippen molar-refractivity contribution in [2.45, 2.75) is 6.18 Å². The van der Waals surface area contributed by atoms with E-state index in [9.17, 15) is 18.0 Å². The van der Waals surface area contributed by atoms with Crippen molar-refractivity contribution < 1.29 is 22.7 Å². The molecule has 0 atom stereocenters. The molecule has 0 unspecified atom stereocenters. The van der Waals surface area contributed by atoms with E-state index in [2.05, 4.69) is 14.6 Å². The van der Waals surface area contributed by atoms with E-state index in [-0.39, 0.29) is 22.4 Å². The lowest BCUT2D eigenvalue weighted by Crippen LogP contribution is -2.48. The number of piperazine rings is 1. The number of alkyl halides is 3. The number of ether oxygens (including phenoxy) is 1. The summed E-state index contributed by atoms with van der Waals surface area (Å²) in [6.07, 6.45) is -3.33. The van der Waals surface area contributed by atoms with E-state index >= 15 is 0 Å². The molecule has 1 aliphatic rings.